The predicted octanol–water partition coefficient (Wildman–Crippen LogP) is 2.64. The van der Waals surface area contributed by atoms with Gasteiger partial charge in [-0.2, -0.15) is 5.26 Å². The predicted molar refractivity (Wildman–Crippen MR) is 149 cm³/mol. The van der Waals surface area contributed by atoms with E-state index in [1.807, 2.05) is 49.4 Å². The number of hydrogen-bond acceptors (Lipinski definition) is 9. The Hall–Kier alpha value is -4.37. The van der Waals surface area contributed by atoms with Gasteiger partial charge < -0.3 is 19.5 Å². The van der Waals surface area contributed by atoms with Gasteiger partial charge >= 0.3 is 5.82 Å². The highest BCUT2D eigenvalue weighted by molar-refractivity contribution is 7.85. The van der Waals surface area contributed by atoms with Gasteiger partial charge in [0.1, 0.15) is 16.2 Å². The van der Waals surface area contributed by atoms with Crippen molar-refractivity contribution in [2.45, 2.75) is 18.4 Å². The standard InChI is InChI=1S/C21H22N6O.C7H8O3S/c22-13-18-20(25-14-15-4-2-1-3-5-15)17-12-16(26-8-10-28-11-9-26)6-7-19(17)27(24)21(18)23;1-6-2-4-7(5-3-6)11(8,9)10/h1-7,12H,8-11,14,24H2,(H2,23,25);2-5H,1H3,(H,8,9,10). The van der Waals surface area contributed by atoms with Crippen LogP contribution in [0.1, 0.15) is 16.7 Å². The molecule has 3 aromatic carbocycles. The zero-order chi connectivity index (χ0) is 28.0. The first-order valence-corrected chi connectivity index (χ1v) is 13.7. The second-order valence-corrected chi connectivity index (χ2v) is 10.4. The molecule has 1 aliphatic heterocycles. The molecule has 11 heteroatoms. The van der Waals surface area contributed by atoms with Crippen LogP contribution in [0.25, 0.3) is 10.9 Å². The third kappa shape index (κ3) is 6.56. The lowest BCUT2D eigenvalue weighted by atomic mass is 10.1. The number of ether oxygens (including phenoxy) is 1. The molecule has 0 aliphatic carbocycles. The minimum atomic E-state index is -4.27. The monoisotopic (exact) mass is 546 g/mol. The summed E-state index contributed by atoms with van der Waals surface area (Å²) in [4.78, 5) is 2.09. The van der Waals surface area contributed by atoms with Crippen LogP contribution in [0.15, 0.2) is 77.7 Å². The Morgan fingerprint density at radius 2 is 1.74 bits per heavy atom. The van der Waals surface area contributed by atoms with E-state index in [1.165, 1.54) is 16.8 Å². The van der Waals surface area contributed by atoms with E-state index in [1.54, 1.807) is 12.1 Å². The molecule has 0 bridgehead atoms. The van der Waals surface area contributed by atoms with Gasteiger partial charge in [-0.25, -0.2) is 8.42 Å². The molecular formula is C28H30N6O4S. The molecule has 0 atom stereocenters. The highest BCUT2D eigenvalue weighted by atomic mass is 32.2. The normalized spacial score (nSPS) is 13.3. The quantitative estimate of drug-likeness (QED) is 0.194. The van der Waals surface area contributed by atoms with Crippen LogP contribution in [0.3, 0.4) is 0 Å². The molecule has 0 unspecified atom stereocenters. The van der Waals surface area contributed by atoms with E-state index in [9.17, 15) is 18.2 Å². The molecule has 5 rings (SSSR count). The average Bonchev–Trinajstić information content (AvgIpc) is 2.95. The molecule has 1 saturated heterocycles. The van der Waals surface area contributed by atoms with Crippen molar-refractivity contribution in [1.82, 2.24) is 0 Å². The number of aryl methyl sites for hydroxylation is 1. The number of nitrogens with two attached hydrogens (primary N) is 2. The minimum Gasteiger partial charge on any atom is -0.744 e. The van der Waals surface area contributed by atoms with E-state index < -0.39 is 10.1 Å². The summed E-state index contributed by atoms with van der Waals surface area (Å²) in [5.74, 6) is 6.42. The van der Waals surface area contributed by atoms with E-state index in [0.717, 1.165) is 40.8 Å². The summed E-state index contributed by atoms with van der Waals surface area (Å²) in [7, 11) is -4.27. The van der Waals surface area contributed by atoms with Crippen LogP contribution in [0.2, 0.25) is 0 Å². The number of hydrogen-bond donors (Lipinski definition) is 3. The van der Waals surface area contributed by atoms with Gasteiger partial charge in [-0.3, -0.25) is 11.6 Å². The molecule has 5 N–H and O–H groups in total. The molecule has 0 amide bonds. The maximum atomic E-state index is 10.4. The second-order valence-electron chi connectivity index (χ2n) is 9.02. The summed E-state index contributed by atoms with van der Waals surface area (Å²) in [6.45, 7) is 5.49. The molecule has 10 nitrogen and oxygen atoms in total. The summed E-state index contributed by atoms with van der Waals surface area (Å²) >= 11 is 0. The van der Waals surface area contributed by atoms with Gasteiger partial charge in [-0.1, -0.05) is 48.0 Å². The van der Waals surface area contributed by atoms with Crippen LogP contribution >= 0.6 is 0 Å². The second kappa shape index (κ2) is 12.0. The van der Waals surface area contributed by atoms with E-state index >= 15 is 0 Å². The zero-order valence-corrected chi connectivity index (χ0v) is 22.3. The Kier molecular flexibility index (Phi) is 8.51. The van der Waals surface area contributed by atoms with E-state index in [0.29, 0.717) is 31.0 Å². The van der Waals surface area contributed by atoms with Crippen LogP contribution in [-0.4, -0.2) is 39.3 Å². The topological polar surface area (TPSA) is 161 Å². The number of nitrogens with zero attached hydrogens (tertiary/aromatic N) is 3. The van der Waals surface area contributed by atoms with Gasteiger partial charge in [0.2, 0.25) is 0 Å². The van der Waals surface area contributed by atoms with Gasteiger partial charge in [0.05, 0.1) is 29.2 Å². The largest absolute Gasteiger partial charge is 0.744 e. The minimum absolute atomic E-state index is 0.178. The lowest BCUT2D eigenvalue weighted by Crippen LogP contribution is -2.48. The number of morpholine rings is 1. The Labute approximate surface area is 227 Å². The van der Waals surface area contributed by atoms with Crippen molar-refractivity contribution in [3.63, 3.8) is 0 Å². The summed E-state index contributed by atoms with van der Waals surface area (Å²) in [6.07, 6.45) is 0. The number of pyridine rings is 1. The van der Waals surface area contributed by atoms with E-state index in [2.05, 4.69) is 22.4 Å². The zero-order valence-electron chi connectivity index (χ0n) is 21.5. The number of benzene rings is 3. The van der Waals surface area contributed by atoms with Crippen molar-refractivity contribution in [2.24, 2.45) is 0 Å². The third-order valence-electron chi connectivity index (χ3n) is 6.38. The maximum Gasteiger partial charge on any atom is 0.316 e. The fraction of sp³-hybridized carbons (Fsp3) is 0.214. The SMILES string of the molecule is Cc1ccc(S(=O)(=O)[O-])cc1.N#Cc1c(NCc2ccccc2)c2cc(N3CCOCC3)ccc2[n+](N)c1N. The summed E-state index contributed by atoms with van der Waals surface area (Å²) < 4.78 is 38.0. The Morgan fingerprint density at radius 3 is 2.36 bits per heavy atom. The molecule has 202 valence electrons. The lowest BCUT2D eigenvalue weighted by molar-refractivity contribution is -0.596. The highest BCUT2D eigenvalue weighted by Crippen LogP contribution is 2.32. The Bertz CT molecular complexity index is 1600. The molecule has 0 spiro atoms. The summed E-state index contributed by atoms with van der Waals surface area (Å²) in [5.41, 5.74) is 11.1. The van der Waals surface area contributed by atoms with Gasteiger partial charge in [-0.15, -0.1) is 4.68 Å². The number of nitrogen functional groups attached to an aromatic ring is 2. The van der Waals surface area contributed by atoms with Crippen LogP contribution in [0.5, 0.6) is 0 Å². The first kappa shape index (κ1) is 27.7. The first-order valence-electron chi connectivity index (χ1n) is 12.3. The molecule has 1 fully saturated rings. The molecule has 4 aromatic rings. The molecule has 1 aliphatic rings. The van der Waals surface area contributed by atoms with Crippen LogP contribution in [0.4, 0.5) is 17.2 Å². The summed E-state index contributed by atoms with van der Waals surface area (Å²) in [5, 5.41) is 14.0. The number of rotatable bonds is 5. The highest BCUT2D eigenvalue weighted by Gasteiger charge is 2.23. The van der Waals surface area contributed by atoms with Gasteiger partial charge in [-0.05, 0) is 42.8 Å². The number of aromatic nitrogens is 1. The lowest BCUT2D eigenvalue weighted by Gasteiger charge is -2.29. The van der Waals surface area contributed by atoms with Crippen LogP contribution in [0, 0.1) is 18.3 Å². The van der Waals surface area contributed by atoms with Crippen LogP contribution in [-0.2, 0) is 21.4 Å². The van der Waals surface area contributed by atoms with E-state index in [4.69, 9.17) is 16.3 Å². The first-order chi connectivity index (χ1) is 18.7. The van der Waals surface area contributed by atoms with Gasteiger partial charge in [0, 0.05) is 25.3 Å². The van der Waals surface area contributed by atoms with Crippen molar-refractivity contribution in [2.75, 3.05) is 48.1 Å². The van der Waals surface area contributed by atoms with Crippen molar-refractivity contribution in [1.29, 1.82) is 5.26 Å². The van der Waals surface area contributed by atoms with Crippen molar-refractivity contribution in [3.05, 3.63) is 89.5 Å². The van der Waals surface area contributed by atoms with Crippen molar-refractivity contribution >= 4 is 38.2 Å². The molecule has 0 saturated carbocycles. The molecule has 0 radical (unpaired) electrons. The average molecular weight is 547 g/mol. The number of fused-ring (bicyclic) bond motifs is 1. The summed E-state index contributed by atoms with van der Waals surface area (Å²) in [6, 6.07) is 24.1. The number of nitrogens with one attached hydrogen (secondary N) is 1. The van der Waals surface area contributed by atoms with Crippen molar-refractivity contribution in [3.8, 4) is 6.07 Å². The fourth-order valence-corrected chi connectivity index (χ4v) is 4.72. The van der Waals surface area contributed by atoms with Gasteiger partial charge in [0.25, 0.3) is 0 Å². The molecule has 39 heavy (non-hydrogen) atoms. The smallest absolute Gasteiger partial charge is 0.316 e. The van der Waals surface area contributed by atoms with E-state index in [-0.39, 0.29) is 10.7 Å². The fourth-order valence-electron chi connectivity index (χ4n) is 4.25. The van der Waals surface area contributed by atoms with Crippen LogP contribution < -0.4 is 26.5 Å². The number of nitriles is 1. The van der Waals surface area contributed by atoms with Crippen molar-refractivity contribution < 1.29 is 22.4 Å². The third-order valence-corrected chi connectivity index (χ3v) is 7.23. The Morgan fingerprint density at radius 1 is 1.08 bits per heavy atom. The molecule has 2 heterocycles. The molecular weight excluding hydrogens is 516 g/mol. The number of anilines is 3. The Balaban J connectivity index is 0.000000270. The maximum absolute atomic E-state index is 10.4. The van der Waals surface area contributed by atoms with Gasteiger partial charge in [0.15, 0.2) is 11.1 Å². The molecule has 1 aromatic heterocycles.